The van der Waals surface area contributed by atoms with Crippen LogP contribution in [0.25, 0.3) is 0 Å². The number of halogens is 1. The molecule has 0 amide bonds. The molecule has 0 fully saturated rings. The van der Waals surface area contributed by atoms with E-state index in [-0.39, 0.29) is 0 Å². The number of aromatic nitrogens is 3. The number of hydrogen-bond acceptors (Lipinski definition) is 3. The lowest BCUT2D eigenvalue weighted by atomic mass is 10.4. The Bertz CT molecular complexity index is 399. The lowest BCUT2D eigenvalue weighted by molar-refractivity contribution is 0.978. The molecule has 2 rings (SSSR count). The summed E-state index contributed by atoms with van der Waals surface area (Å²) in [7, 11) is 0. The van der Waals surface area contributed by atoms with Gasteiger partial charge in [0.2, 0.25) is 0 Å². The van der Waals surface area contributed by atoms with Gasteiger partial charge < -0.3 is 5.32 Å². The highest BCUT2D eigenvalue weighted by Crippen LogP contribution is 2.18. The van der Waals surface area contributed by atoms with E-state index in [0.717, 1.165) is 16.0 Å². The molecule has 2 aromatic rings. The molecule has 0 aliphatic rings. The number of rotatable bonds is 3. The SMILES string of the molecule is Brc1ncccc1NCc1ccn[nH]1. The highest BCUT2D eigenvalue weighted by molar-refractivity contribution is 9.10. The molecule has 2 aromatic heterocycles. The summed E-state index contributed by atoms with van der Waals surface area (Å²) in [4.78, 5) is 4.11. The van der Waals surface area contributed by atoms with Crippen LogP contribution in [0.4, 0.5) is 5.69 Å². The first-order valence-corrected chi connectivity index (χ1v) is 4.98. The molecule has 0 spiro atoms. The van der Waals surface area contributed by atoms with Crippen LogP contribution in [-0.2, 0) is 6.54 Å². The molecule has 0 atom stereocenters. The normalized spacial score (nSPS) is 10.1. The van der Waals surface area contributed by atoms with Gasteiger partial charge in [0.05, 0.1) is 17.9 Å². The van der Waals surface area contributed by atoms with Gasteiger partial charge in [0.25, 0.3) is 0 Å². The standard InChI is InChI=1S/C9H9BrN4/c10-9-8(2-1-4-11-9)12-6-7-3-5-13-14-7/h1-5,12H,6H2,(H,13,14). The molecular weight excluding hydrogens is 244 g/mol. The van der Waals surface area contributed by atoms with Gasteiger partial charge in [0, 0.05) is 12.4 Å². The van der Waals surface area contributed by atoms with E-state index in [9.17, 15) is 0 Å². The molecule has 0 aliphatic carbocycles. The predicted octanol–water partition coefficient (Wildman–Crippen LogP) is 2.18. The molecular formula is C9H9BrN4. The van der Waals surface area contributed by atoms with E-state index in [0.29, 0.717) is 6.54 Å². The Kier molecular flexibility index (Phi) is 2.78. The van der Waals surface area contributed by atoms with Gasteiger partial charge in [-0.05, 0) is 34.1 Å². The lowest BCUT2D eigenvalue weighted by Gasteiger charge is -2.05. The Labute approximate surface area is 89.9 Å². The Hall–Kier alpha value is -1.36. The van der Waals surface area contributed by atoms with Crippen molar-refractivity contribution in [3.8, 4) is 0 Å². The lowest BCUT2D eigenvalue weighted by Crippen LogP contribution is -2.00. The molecule has 0 radical (unpaired) electrons. The summed E-state index contributed by atoms with van der Waals surface area (Å²) >= 11 is 3.36. The number of aromatic amines is 1. The molecule has 2 N–H and O–H groups in total. The third-order valence-electron chi connectivity index (χ3n) is 1.79. The maximum atomic E-state index is 4.11. The monoisotopic (exact) mass is 252 g/mol. The number of pyridine rings is 1. The minimum absolute atomic E-state index is 0.713. The fourth-order valence-electron chi connectivity index (χ4n) is 1.09. The number of hydrogen-bond donors (Lipinski definition) is 2. The minimum Gasteiger partial charge on any atom is -0.377 e. The van der Waals surface area contributed by atoms with E-state index < -0.39 is 0 Å². The van der Waals surface area contributed by atoms with Crippen LogP contribution in [0.15, 0.2) is 35.2 Å². The van der Waals surface area contributed by atoms with Crippen molar-refractivity contribution in [2.75, 3.05) is 5.32 Å². The van der Waals surface area contributed by atoms with Gasteiger partial charge in [0.1, 0.15) is 4.60 Å². The third kappa shape index (κ3) is 2.11. The fourth-order valence-corrected chi connectivity index (χ4v) is 1.48. The maximum Gasteiger partial charge on any atom is 0.129 e. The van der Waals surface area contributed by atoms with Crippen molar-refractivity contribution >= 4 is 21.6 Å². The topological polar surface area (TPSA) is 53.6 Å². The summed E-state index contributed by atoms with van der Waals surface area (Å²) < 4.78 is 0.819. The van der Waals surface area contributed by atoms with Crippen LogP contribution in [0.3, 0.4) is 0 Å². The third-order valence-corrected chi connectivity index (χ3v) is 2.42. The average Bonchev–Trinajstić information content (AvgIpc) is 2.69. The molecule has 72 valence electrons. The Morgan fingerprint density at radius 1 is 1.36 bits per heavy atom. The summed E-state index contributed by atoms with van der Waals surface area (Å²) in [5.41, 5.74) is 2.02. The van der Waals surface area contributed by atoms with Gasteiger partial charge >= 0.3 is 0 Å². The molecule has 0 bridgehead atoms. The van der Waals surface area contributed by atoms with Crippen molar-refractivity contribution in [1.82, 2.24) is 15.2 Å². The van der Waals surface area contributed by atoms with Crippen LogP contribution >= 0.6 is 15.9 Å². The van der Waals surface area contributed by atoms with Gasteiger partial charge in [-0.2, -0.15) is 5.10 Å². The highest BCUT2D eigenvalue weighted by atomic mass is 79.9. The first-order chi connectivity index (χ1) is 6.86. The second kappa shape index (κ2) is 4.23. The number of H-pyrrole nitrogens is 1. The van der Waals surface area contributed by atoms with Crippen molar-refractivity contribution in [2.24, 2.45) is 0 Å². The summed E-state index contributed by atoms with van der Waals surface area (Å²) in [6.07, 6.45) is 3.47. The highest BCUT2D eigenvalue weighted by Gasteiger charge is 1.99. The Morgan fingerprint density at radius 3 is 3.00 bits per heavy atom. The summed E-state index contributed by atoms with van der Waals surface area (Å²) in [6.45, 7) is 0.713. The zero-order valence-corrected chi connectivity index (χ0v) is 8.95. The Balaban J connectivity index is 2.02. The van der Waals surface area contributed by atoms with Gasteiger partial charge in [0.15, 0.2) is 0 Å². The summed E-state index contributed by atoms with van der Waals surface area (Å²) in [5.74, 6) is 0. The zero-order valence-electron chi connectivity index (χ0n) is 7.37. The van der Waals surface area contributed by atoms with E-state index in [4.69, 9.17) is 0 Å². The van der Waals surface area contributed by atoms with E-state index in [1.807, 2.05) is 18.2 Å². The van der Waals surface area contributed by atoms with Gasteiger partial charge in [-0.25, -0.2) is 4.98 Å². The van der Waals surface area contributed by atoms with Crippen molar-refractivity contribution < 1.29 is 0 Å². The molecule has 0 saturated carbocycles. The number of anilines is 1. The number of nitrogens with zero attached hydrogens (tertiary/aromatic N) is 2. The molecule has 5 heteroatoms. The first kappa shape index (κ1) is 9.21. The Morgan fingerprint density at radius 2 is 2.29 bits per heavy atom. The second-order valence-corrected chi connectivity index (χ2v) is 3.53. The maximum absolute atomic E-state index is 4.11. The van der Waals surface area contributed by atoms with E-state index in [1.165, 1.54) is 0 Å². The van der Waals surface area contributed by atoms with Crippen molar-refractivity contribution in [2.45, 2.75) is 6.54 Å². The summed E-state index contributed by atoms with van der Waals surface area (Å²) in [6, 6.07) is 5.78. The van der Waals surface area contributed by atoms with Crippen LogP contribution in [0, 0.1) is 0 Å². The minimum atomic E-state index is 0.713. The fraction of sp³-hybridized carbons (Fsp3) is 0.111. The summed E-state index contributed by atoms with van der Waals surface area (Å²) in [5, 5.41) is 9.98. The zero-order chi connectivity index (χ0) is 9.80. The largest absolute Gasteiger partial charge is 0.377 e. The molecule has 0 saturated heterocycles. The smallest absolute Gasteiger partial charge is 0.129 e. The number of nitrogens with one attached hydrogen (secondary N) is 2. The molecule has 4 nitrogen and oxygen atoms in total. The van der Waals surface area contributed by atoms with E-state index >= 15 is 0 Å². The molecule has 2 heterocycles. The van der Waals surface area contributed by atoms with E-state index in [1.54, 1.807) is 12.4 Å². The van der Waals surface area contributed by atoms with Crippen LogP contribution in [0.1, 0.15) is 5.69 Å². The van der Waals surface area contributed by atoms with Gasteiger partial charge in [-0.1, -0.05) is 0 Å². The van der Waals surface area contributed by atoms with Crippen LogP contribution < -0.4 is 5.32 Å². The molecule has 0 aromatic carbocycles. The van der Waals surface area contributed by atoms with Crippen molar-refractivity contribution in [1.29, 1.82) is 0 Å². The van der Waals surface area contributed by atoms with Gasteiger partial charge in [-0.3, -0.25) is 5.10 Å². The first-order valence-electron chi connectivity index (χ1n) is 4.19. The van der Waals surface area contributed by atoms with Crippen LogP contribution in [-0.4, -0.2) is 15.2 Å². The van der Waals surface area contributed by atoms with Crippen molar-refractivity contribution in [3.63, 3.8) is 0 Å². The molecule has 14 heavy (non-hydrogen) atoms. The van der Waals surface area contributed by atoms with Crippen LogP contribution in [0.5, 0.6) is 0 Å². The second-order valence-electron chi connectivity index (χ2n) is 2.78. The van der Waals surface area contributed by atoms with Crippen molar-refractivity contribution in [3.05, 3.63) is 40.9 Å². The molecule has 0 unspecified atom stereocenters. The van der Waals surface area contributed by atoms with Crippen LogP contribution in [0.2, 0.25) is 0 Å². The van der Waals surface area contributed by atoms with Gasteiger partial charge in [-0.15, -0.1) is 0 Å². The quantitative estimate of drug-likeness (QED) is 0.824. The predicted molar refractivity (Wildman–Crippen MR) is 57.9 cm³/mol. The van der Waals surface area contributed by atoms with E-state index in [2.05, 4.69) is 36.4 Å². The average molecular weight is 253 g/mol. The molecule has 0 aliphatic heterocycles.